The van der Waals surface area contributed by atoms with Crippen LogP contribution in [0.2, 0.25) is 0 Å². The summed E-state index contributed by atoms with van der Waals surface area (Å²) in [6.07, 6.45) is 2.02. The molecule has 0 bridgehead atoms. The Hall–Kier alpha value is -1.55. The van der Waals surface area contributed by atoms with Gasteiger partial charge in [-0.05, 0) is 37.1 Å². The number of unbranched alkanes of at least 4 members (excludes halogenated alkanes) is 1. The van der Waals surface area contributed by atoms with Crippen molar-refractivity contribution in [2.45, 2.75) is 26.7 Å². The number of hydrogen-bond donors (Lipinski definition) is 2. The average molecular weight is 237 g/mol. The standard InChI is InChI=1S/C13H19NO3/c1-3-4-7-17-9-13(16)14-12-6-5-11(15)8-10(12)2/h5-6,8,15H,3-4,7,9H2,1-2H3,(H,14,16). The van der Waals surface area contributed by atoms with Crippen molar-refractivity contribution in [3.63, 3.8) is 0 Å². The van der Waals surface area contributed by atoms with Gasteiger partial charge in [0, 0.05) is 12.3 Å². The van der Waals surface area contributed by atoms with Crippen LogP contribution in [0.5, 0.6) is 5.75 Å². The molecular weight excluding hydrogens is 218 g/mol. The summed E-state index contributed by atoms with van der Waals surface area (Å²) < 4.78 is 5.21. The number of aryl methyl sites for hydroxylation is 1. The normalized spacial score (nSPS) is 10.2. The smallest absolute Gasteiger partial charge is 0.250 e. The first-order valence-electron chi connectivity index (χ1n) is 5.80. The third-order valence-corrected chi connectivity index (χ3v) is 2.36. The maximum Gasteiger partial charge on any atom is 0.250 e. The molecule has 0 fully saturated rings. The Labute approximate surface area is 102 Å². The van der Waals surface area contributed by atoms with Crippen LogP contribution < -0.4 is 5.32 Å². The molecule has 94 valence electrons. The lowest BCUT2D eigenvalue weighted by molar-refractivity contribution is -0.120. The zero-order valence-electron chi connectivity index (χ0n) is 10.3. The number of anilines is 1. The van der Waals surface area contributed by atoms with Crippen LogP contribution in [0.4, 0.5) is 5.69 Å². The predicted molar refractivity (Wildman–Crippen MR) is 67.2 cm³/mol. The van der Waals surface area contributed by atoms with Gasteiger partial charge in [0.1, 0.15) is 12.4 Å². The summed E-state index contributed by atoms with van der Waals surface area (Å²) in [4.78, 5) is 11.5. The van der Waals surface area contributed by atoms with E-state index in [0.29, 0.717) is 12.3 Å². The summed E-state index contributed by atoms with van der Waals surface area (Å²) in [5.74, 6) is 0.0228. The molecule has 0 saturated heterocycles. The molecule has 0 aliphatic rings. The second-order valence-electron chi connectivity index (χ2n) is 3.95. The van der Waals surface area contributed by atoms with Crippen molar-refractivity contribution in [1.82, 2.24) is 0 Å². The van der Waals surface area contributed by atoms with E-state index < -0.39 is 0 Å². The Morgan fingerprint density at radius 1 is 1.47 bits per heavy atom. The van der Waals surface area contributed by atoms with Gasteiger partial charge in [-0.1, -0.05) is 13.3 Å². The third kappa shape index (κ3) is 4.87. The van der Waals surface area contributed by atoms with E-state index in [1.807, 2.05) is 6.92 Å². The van der Waals surface area contributed by atoms with Crippen LogP contribution in [0.1, 0.15) is 25.3 Å². The van der Waals surface area contributed by atoms with Crippen LogP contribution in [0, 0.1) is 6.92 Å². The van der Waals surface area contributed by atoms with Gasteiger partial charge in [0.2, 0.25) is 5.91 Å². The average Bonchev–Trinajstić information content (AvgIpc) is 2.28. The van der Waals surface area contributed by atoms with Gasteiger partial charge in [0.25, 0.3) is 0 Å². The summed E-state index contributed by atoms with van der Waals surface area (Å²) in [7, 11) is 0. The van der Waals surface area contributed by atoms with Crippen molar-refractivity contribution < 1.29 is 14.6 Å². The number of nitrogens with one attached hydrogen (secondary N) is 1. The first-order chi connectivity index (χ1) is 8.13. The Morgan fingerprint density at radius 3 is 2.88 bits per heavy atom. The van der Waals surface area contributed by atoms with E-state index in [0.717, 1.165) is 18.4 Å². The molecular formula is C13H19NO3. The largest absolute Gasteiger partial charge is 0.508 e. The highest BCUT2D eigenvalue weighted by Crippen LogP contribution is 2.19. The molecule has 4 nitrogen and oxygen atoms in total. The number of phenols is 1. The van der Waals surface area contributed by atoms with E-state index in [2.05, 4.69) is 12.2 Å². The summed E-state index contributed by atoms with van der Waals surface area (Å²) in [6, 6.07) is 4.82. The van der Waals surface area contributed by atoms with Gasteiger partial charge in [0.05, 0.1) is 0 Å². The number of ether oxygens (including phenoxy) is 1. The molecule has 4 heteroatoms. The molecule has 2 N–H and O–H groups in total. The molecule has 0 aliphatic carbocycles. The lowest BCUT2D eigenvalue weighted by atomic mass is 10.2. The van der Waals surface area contributed by atoms with Crippen molar-refractivity contribution in [1.29, 1.82) is 0 Å². The van der Waals surface area contributed by atoms with Crippen LogP contribution in [0.3, 0.4) is 0 Å². The van der Waals surface area contributed by atoms with E-state index in [1.54, 1.807) is 18.2 Å². The van der Waals surface area contributed by atoms with E-state index in [-0.39, 0.29) is 18.3 Å². The fourth-order valence-corrected chi connectivity index (χ4v) is 1.39. The Balaban J connectivity index is 2.40. The maximum atomic E-state index is 11.5. The second-order valence-corrected chi connectivity index (χ2v) is 3.95. The number of benzene rings is 1. The van der Waals surface area contributed by atoms with Crippen LogP contribution in [-0.4, -0.2) is 24.2 Å². The monoisotopic (exact) mass is 237 g/mol. The first kappa shape index (κ1) is 13.5. The van der Waals surface area contributed by atoms with E-state index in [9.17, 15) is 9.90 Å². The summed E-state index contributed by atoms with van der Waals surface area (Å²) in [6.45, 7) is 4.58. The van der Waals surface area contributed by atoms with Crippen molar-refractivity contribution in [2.24, 2.45) is 0 Å². The molecule has 1 rings (SSSR count). The number of amides is 1. The Kier molecular flexibility index (Phi) is 5.49. The van der Waals surface area contributed by atoms with Gasteiger partial charge >= 0.3 is 0 Å². The van der Waals surface area contributed by atoms with Crippen molar-refractivity contribution in [3.05, 3.63) is 23.8 Å². The summed E-state index contributed by atoms with van der Waals surface area (Å²) in [5, 5.41) is 12.0. The number of carbonyl (C=O) groups is 1. The zero-order chi connectivity index (χ0) is 12.7. The molecule has 0 heterocycles. The number of aromatic hydroxyl groups is 1. The van der Waals surface area contributed by atoms with E-state index in [4.69, 9.17) is 4.74 Å². The molecule has 1 aromatic carbocycles. The SMILES string of the molecule is CCCCOCC(=O)Nc1ccc(O)cc1C. The van der Waals surface area contributed by atoms with Crippen LogP contribution >= 0.6 is 0 Å². The van der Waals surface area contributed by atoms with Crippen LogP contribution in [0.15, 0.2) is 18.2 Å². The lowest BCUT2D eigenvalue weighted by Gasteiger charge is -2.08. The zero-order valence-corrected chi connectivity index (χ0v) is 10.3. The van der Waals surface area contributed by atoms with Gasteiger partial charge in [-0.15, -0.1) is 0 Å². The predicted octanol–water partition coefficient (Wildman–Crippen LogP) is 2.46. The van der Waals surface area contributed by atoms with Crippen LogP contribution in [-0.2, 0) is 9.53 Å². The third-order valence-electron chi connectivity index (χ3n) is 2.36. The van der Waals surface area contributed by atoms with Gasteiger partial charge in [-0.25, -0.2) is 0 Å². The number of carbonyl (C=O) groups excluding carboxylic acids is 1. The molecule has 0 spiro atoms. The molecule has 0 unspecified atom stereocenters. The Morgan fingerprint density at radius 2 is 2.24 bits per heavy atom. The molecule has 0 radical (unpaired) electrons. The number of phenolic OH excluding ortho intramolecular Hbond substituents is 1. The molecule has 0 aliphatic heterocycles. The second kappa shape index (κ2) is 6.91. The molecule has 0 saturated carbocycles. The van der Waals surface area contributed by atoms with E-state index in [1.165, 1.54) is 0 Å². The molecule has 0 atom stereocenters. The summed E-state index contributed by atoms with van der Waals surface area (Å²) in [5.41, 5.74) is 1.53. The van der Waals surface area contributed by atoms with Gasteiger partial charge in [0.15, 0.2) is 0 Å². The number of rotatable bonds is 6. The van der Waals surface area contributed by atoms with Crippen molar-refractivity contribution >= 4 is 11.6 Å². The fraction of sp³-hybridized carbons (Fsp3) is 0.462. The number of hydrogen-bond acceptors (Lipinski definition) is 3. The fourth-order valence-electron chi connectivity index (χ4n) is 1.39. The van der Waals surface area contributed by atoms with Gasteiger partial charge in [-0.3, -0.25) is 4.79 Å². The summed E-state index contributed by atoms with van der Waals surface area (Å²) >= 11 is 0. The molecule has 0 aromatic heterocycles. The molecule has 1 aromatic rings. The minimum atomic E-state index is -0.171. The van der Waals surface area contributed by atoms with Crippen molar-refractivity contribution in [2.75, 3.05) is 18.5 Å². The molecule has 1 amide bonds. The lowest BCUT2D eigenvalue weighted by Crippen LogP contribution is -2.19. The first-order valence-corrected chi connectivity index (χ1v) is 5.80. The van der Waals surface area contributed by atoms with Gasteiger partial charge < -0.3 is 15.2 Å². The quantitative estimate of drug-likeness (QED) is 0.590. The highest BCUT2D eigenvalue weighted by atomic mass is 16.5. The molecule has 17 heavy (non-hydrogen) atoms. The highest BCUT2D eigenvalue weighted by Gasteiger charge is 2.05. The van der Waals surface area contributed by atoms with Crippen molar-refractivity contribution in [3.8, 4) is 5.75 Å². The van der Waals surface area contributed by atoms with Crippen LogP contribution in [0.25, 0.3) is 0 Å². The van der Waals surface area contributed by atoms with E-state index >= 15 is 0 Å². The minimum absolute atomic E-state index is 0.0698. The highest BCUT2D eigenvalue weighted by molar-refractivity contribution is 5.92. The van der Waals surface area contributed by atoms with Gasteiger partial charge in [-0.2, -0.15) is 0 Å². The topological polar surface area (TPSA) is 58.6 Å². The maximum absolute atomic E-state index is 11.5. The minimum Gasteiger partial charge on any atom is -0.508 e. The Bertz CT molecular complexity index is 377.